The van der Waals surface area contributed by atoms with Crippen molar-refractivity contribution in [2.24, 2.45) is 5.92 Å². The van der Waals surface area contributed by atoms with Crippen LogP contribution in [0, 0.1) is 5.92 Å². The largest absolute Gasteiger partial charge is 0.490 e. The molecule has 0 aromatic heterocycles. The minimum Gasteiger partial charge on any atom is -0.490 e. The number of fused-ring (bicyclic) bond motifs is 1. The molecule has 0 N–H and O–H groups in total. The van der Waals surface area contributed by atoms with E-state index in [1.165, 1.54) is 0 Å². The van der Waals surface area contributed by atoms with Crippen molar-refractivity contribution in [3.63, 3.8) is 0 Å². The van der Waals surface area contributed by atoms with Crippen molar-refractivity contribution in [1.29, 1.82) is 0 Å². The molecule has 0 bridgehead atoms. The molecular formula is C28H27Cl2NO3. The second-order valence-corrected chi connectivity index (χ2v) is 9.38. The summed E-state index contributed by atoms with van der Waals surface area (Å²) in [5, 5.41) is 0.996. The standard InChI is InChI=1S/C28H27Cl2NO3/c1-4-33-27-15-19(10-12-26(27)34-17-20-9-11-23(29)24(30)14-20)13-22-21-7-5-6-8-25(21)31(28(22)32)16-18(2)3/h5-15,18H,4,16-17H2,1-3H3/b22-13-. The van der Waals surface area contributed by atoms with Gasteiger partial charge in [-0.2, -0.15) is 0 Å². The molecule has 0 fully saturated rings. The number of hydrogen-bond acceptors (Lipinski definition) is 3. The number of carbonyl (C=O) groups excluding carboxylic acids is 1. The summed E-state index contributed by atoms with van der Waals surface area (Å²) >= 11 is 12.1. The Kier molecular flexibility index (Phi) is 7.50. The topological polar surface area (TPSA) is 38.8 Å². The number of rotatable bonds is 8. The van der Waals surface area contributed by atoms with Crippen LogP contribution in [-0.4, -0.2) is 19.1 Å². The van der Waals surface area contributed by atoms with Gasteiger partial charge in [-0.05, 0) is 60.4 Å². The van der Waals surface area contributed by atoms with Gasteiger partial charge < -0.3 is 14.4 Å². The quantitative estimate of drug-likeness (QED) is 0.303. The molecule has 0 unspecified atom stereocenters. The Hall–Kier alpha value is -2.95. The van der Waals surface area contributed by atoms with Crippen molar-refractivity contribution < 1.29 is 14.3 Å². The summed E-state index contributed by atoms with van der Waals surface area (Å²) in [6, 6.07) is 19.0. The van der Waals surface area contributed by atoms with E-state index in [1.807, 2.05) is 66.4 Å². The Morgan fingerprint density at radius 2 is 1.74 bits per heavy atom. The van der Waals surface area contributed by atoms with Crippen molar-refractivity contribution in [1.82, 2.24) is 0 Å². The predicted octanol–water partition coefficient (Wildman–Crippen LogP) is 7.51. The van der Waals surface area contributed by atoms with Gasteiger partial charge in [0, 0.05) is 17.7 Å². The minimum absolute atomic E-state index is 0.0211. The fourth-order valence-corrected chi connectivity index (χ4v) is 4.27. The van der Waals surface area contributed by atoms with Gasteiger partial charge >= 0.3 is 0 Å². The molecule has 176 valence electrons. The van der Waals surface area contributed by atoms with Gasteiger partial charge in [-0.15, -0.1) is 0 Å². The number of anilines is 1. The van der Waals surface area contributed by atoms with E-state index in [0.29, 0.717) is 52.8 Å². The van der Waals surface area contributed by atoms with Gasteiger partial charge in [-0.25, -0.2) is 0 Å². The number of amides is 1. The van der Waals surface area contributed by atoms with Crippen molar-refractivity contribution >= 4 is 46.4 Å². The zero-order chi connectivity index (χ0) is 24.2. The Bertz CT molecular complexity index is 1240. The Balaban J connectivity index is 1.61. The number of halogens is 2. The molecule has 4 nitrogen and oxygen atoms in total. The second kappa shape index (κ2) is 10.5. The van der Waals surface area contributed by atoms with Crippen LogP contribution in [0.2, 0.25) is 10.0 Å². The summed E-state index contributed by atoms with van der Waals surface area (Å²) in [5.74, 6) is 1.63. The molecule has 0 atom stereocenters. The highest BCUT2D eigenvalue weighted by molar-refractivity contribution is 6.42. The molecule has 4 rings (SSSR count). The molecule has 0 radical (unpaired) electrons. The van der Waals surface area contributed by atoms with Crippen molar-refractivity contribution in [2.75, 3.05) is 18.1 Å². The van der Waals surface area contributed by atoms with Gasteiger partial charge in [-0.3, -0.25) is 4.79 Å². The molecule has 3 aromatic carbocycles. The lowest BCUT2D eigenvalue weighted by molar-refractivity contribution is -0.113. The van der Waals surface area contributed by atoms with Gasteiger partial charge in [0.25, 0.3) is 5.91 Å². The maximum Gasteiger partial charge on any atom is 0.259 e. The fourth-order valence-electron chi connectivity index (χ4n) is 3.95. The third-order valence-corrected chi connectivity index (χ3v) is 6.20. The summed E-state index contributed by atoms with van der Waals surface area (Å²) < 4.78 is 11.9. The molecule has 0 saturated carbocycles. The molecule has 34 heavy (non-hydrogen) atoms. The van der Waals surface area contributed by atoms with Gasteiger partial charge in [-0.1, -0.05) is 67.4 Å². The highest BCUT2D eigenvalue weighted by Gasteiger charge is 2.32. The van der Waals surface area contributed by atoms with E-state index in [1.54, 1.807) is 12.1 Å². The molecule has 1 heterocycles. The molecule has 0 saturated heterocycles. The van der Waals surface area contributed by atoms with Crippen LogP contribution >= 0.6 is 23.2 Å². The number of carbonyl (C=O) groups is 1. The van der Waals surface area contributed by atoms with Crippen LogP contribution in [0.3, 0.4) is 0 Å². The van der Waals surface area contributed by atoms with E-state index < -0.39 is 0 Å². The average Bonchev–Trinajstić information content (AvgIpc) is 3.06. The van der Waals surface area contributed by atoms with Crippen LogP contribution in [0.1, 0.15) is 37.5 Å². The lowest BCUT2D eigenvalue weighted by Gasteiger charge is -2.19. The van der Waals surface area contributed by atoms with E-state index in [4.69, 9.17) is 32.7 Å². The lowest BCUT2D eigenvalue weighted by Crippen LogP contribution is -2.30. The summed E-state index contributed by atoms with van der Waals surface area (Å²) in [6.45, 7) is 7.65. The van der Waals surface area contributed by atoms with Crippen molar-refractivity contribution in [3.8, 4) is 11.5 Å². The van der Waals surface area contributed by atoms with Gasteiger partial charge in [0.15, 0.2) is 11.5 Å². The second-order valence-electron chi connectivity index (χ2n) is 8.56. The van der Waals surface area contributed by atoms with E-state index in [2.05, 4.69) is 13.8 Å². The smallest absolute Gasteiger partial charge is 0.259 e. The molecule has 0 spiro atoms. The Morgan fingerprint density at radius 1 is 0.941 bits per heavy atom. The van der Waals surface area contributed by atoms with Crippen LogP contribution < -0.4 is 14.4 Å². The number of ether oxygens (including phenoxy) is 2. The van der Waals surface area contributed by atoms with Crippen LogP contribution in [0.15, 0.2) is 60.7 Å². The summed E-state index contributed by atoms with van der Waals surface area (Å²) in [7, 11) is 0. The van der Waals surface area contributed by atoms with Crippen LogP contribution in [0.5, 0.6) is 11.5 Å². The molecule has 0 aliphatic carbocycles. The van der Waals surface area contributed by atoms with E-state index in [0.717, 1.165) is 22.4 Å². The molecule has 6 heteroatoms. The molecule has 1 aliphatic rings. The fraction of sp³-hybridized carbons (Fsp3) is 0.250. The zero-order valence-electron chi connectivity index (χ0n) is 19.5. The van der Waals surface area contributed by atoms with Crippen LogP contribution in [-0.2, 0) is 11.4 Å². The lowest BCUT2D eigenvalue weighted by atomic mass is 10.0. The van der Waals surface area contributed by atoms with E-state index in [-0.39, 0.29) is 5.91 Å². The first kappa shape index (κ1) is 24.2. The monoisotopic (exact) mass is 495 g/mol. The molecule has 1 aliphatic heterocycles. The number of hydrogen-bond donors (Lipinski definition) is 0. The highest BCUT2D eigenvalue weighted by atomic mass is 35.5. The van der Waals surface area contributed by atoms with E-state index >= 15 is 0 Å². The Labute approximate surface area is 210 Å². The summed E-state index contributed by atoms with van der Waals surface area (Å²) in [4.78, 5) is 15.1. The Morgan fingerprint density at radius 3 is 2.47 bits per heavy atom. The average molecular weight is 496 g/mol. The first-order chi connectivity index (χ1) is 16.4. The number of para-hydroxylation sites is 1. The maximum atomic E-state index is 13.3. The molecular weight excluding hydrogens is 469 g/mol. The minimum atomic E-state index is 0.0211. The van der Waals surface area contributed by atoms with Gasteiger partial charge in [0.1, 0.15) is 6.61 Å². The predicted molar refractivity (Wildman–Crippen MR) is 140 cm³/mol. The first-order valence-corrected chi connectivity index (χ1v) is 12.1. The summed E-state index contributed by atoms with van der Waals surface area (Å²) in [6.07, 6.45) is 1.92. The number of benzene rings is 3. The third-order valence-electron chi connectivity index (χ3n) is 5.47. The third kappa shape index (κ3) is 5.24. The number of nitrogens with zero attached hydrogens (tertiary/aromatic N) is 1. The zero-order valence-corrected chi connectivity index (χ0v) is 21.0. The maximum absolute atomic E-state index is 13.3. The SMILES string of the molecule is CCOc1cc(/C=C2\C(=O)N(CC(C)C)c3ccccc32)ccc1OCc1ccc(Cl)c(Cl)c1. The highest BCUT2D eigenvalue weighted by Crippen LogP contribution is 2.39. The van der Waals surface area contributed by atoms with Crippen LogP contribution in [0.25, 0.3) is 11.6 Å². The van der Waals surface area contributed by atoms with Crippen LogP contribution in [0.4, 0.5) is 5.69 Å². The summed E-state index contributed by atoms with van der Waals surface area (Å²) in [5.41, 5.74) is 4.37. The van der Waals surface area contributed by atoms with Crippen molar-refractivity contribution in [2.45, 2.75) is 27.4 Å². The van der Waals surface area contributed by atoms with E-state index in [9.17, 15) is 4.79 Å². The normalized spacial score (nSPS) is 14.1. The van der Waals surface area contributed by atoms with Crippen molar-refractivity contribution in [3.05, 3.63) is 87.4 Å². The molecule has 3 aromatic rings. The molecule has 1 amide bonds. The van der Waals surface area contributed by atoms with Gasteiger partial charge in [0.05, 0.1) is 22.3 Å². The first-order valence-electron chi connectivity index (χ1n) is 11.3. The van der Waals surface area contributed by atoms with Gasteiger partial charge in [0.2, 0.25) is 0 Å².